The van der Waals surface area contributed by atoms with Crippen LogP contribution in [-0.2, 0) is 9.59 Å². The molecule has 1 aliphatic rings. The van der Waals surface area contributed by atoms with E-state index in [9.17, 15) is 9.59 Å². The Labute approximate surface area is 163 Å². The van der Waals surface area contributed by atoms with Gasteiger partial charge in [-0.25, -0.2) is 0 Å². The number of benzene rings is 3. The molecule has 1 aliphatic heterocycles. The van der Waals surface area contributed by atoms with Crippen LogP contribution in [0.1, 0.15) is 12.8 Å². The molecule has 1 atom stereocenters. The number of para-hydroxylation sites is 2. The number of amides is 2. The minimum absolute atomic E-state index is 0.0510. The molecule has 1 unspecified atom stereocenters. The number of ether oxygens (including phenoxy) is 1. The number of hydrogen-bond donors (Lipinski definition) is 1. The highest BCUT2D eigenvalue weighted by atomic mass is 16.5. The number of rotatable bonds is 5. The maximum Gasteiger partial charge on any atom is 0.247 e. The molecule has 1 heterocycles. The largest absolute Gasteiger partial charge is 0.457 e. The molecule has 3 aromatic carbocycles. The summed E-state index contributed by atoms with van der Waals surface area (Å²) in [5, 5.41) is 2.89. The minimum Gasteiger partial charge on any atom is -0.457 e. The SMILES string of the molecule is O=C(Nc1ccccc1)C1CCC(=O)N1c1ccc(Oc2ccccc2)cc1. The zero-order valence-electron chi connectivity index (χ0n) is 15.2. The average Bonchev–Trinajstić information content (AvgIpc) is 3.12. The van der Waals surface area contributed by atoms with Crippen LogP contribution in [0.4, 0.5) is 11.4 Å². The summed E-state index contributed by atoms with van der Waals surface area (Å²) in [7, 11) is 0. The second kappa shape index (κ2) is 7.96. The van der Waals surface area contributed by atoms with Crippen LogP contribution in [0.15, 0.2) is 84.9 Å². The zero-order valence-corrected chi connectivity index (χ0v) is 15.2. The number of carbonyl (C=O) groups is 2. The zero-order chi connectivity index (χ0) is 19.3. The summed E-state index contributed by atoms with van der Waals surface area (Å²) in [5.41, 5.74) is 1.41. The predicted octanol–water partition coefficient (Wildman–Crippen LogP) is 4.61. The van der Waals surface area contributed by atoms with Crippen LogP contribution < -0.4 is 15.0 Å². The van der Waals surface area contributed by atoms with Gasteiger partial charge >= 0.3 is 0 Å². The maximum atomic E-state index is 12.7. The van der Waals surface area contributed by atoms with Gasteiger partial charge in [0.15, 0.2) is 0 Å². The first-order valence-corrected chi connectivity index (χ1v) is 9.22. The quantitative estimate of drug-likeness (QED) is 0.711. The smallest absolute Gasteiger partial charge is 0.247 e. The summed E-state index contributed by atoms with van der Waals surface area (Å²) in [6.45, 7) is 0. The molecular weight excluding hydrogens is 352 g/mol. The normalized spacial score (nSPS) is 16.1. The highest BCUT2D eigenvalue weighted by Gasteiger charge is 2.37. The van der Waals surface area contributed by atoms with Gasteiger partial charge in [-0.15, -0.1) is 0 Å². The van der Waals surface area contributed by atoms with Crippen molar-refractivity contribution in [2.45, 2.75) is 18.9 Å². The van der Waals surface area contributed by atoms with Crippen molar-refractivity contribution in [3.05, 3.63) is 84.9 Å². The third-order valence-corrected chi connectivity index (χ3v) is 4.65. The van der Waals surface area contributed by atoms with Crippen molar-refractivity contribution in [3.8, 4) is 11.5 Å². The molecule has 0 bridgehead atoms. The fourth-order valence-corrected chi connectivity index (χ4v) is 3.30. The van der Waals surface area contributed by atoms with Crippen molar-refractivity contribution in [2.24, 2.45) is 0 Å². The van der Waals surface area contributed by atoms with Gasteiger partial charge in [-0.1, -0.05) is 36.4 Å². The van der Waals surface area contributed by atoms with E-state index in [1.54, 1.807) is 17.0 Å². The Morgan fingerprint density at radius 1 is 0.857 bits per heavy atom. The van der Waals surface area contributed by atoms with Gasteiger partial charge in [0.2, 0.25) is 11.8 Å². The molecule has 0 aliphatic carbocycles. The molecule has 28 heavy (non-hydrogen) atoms. The van der Waals surface area contributed by atoms with Crippen molar-refractivity contribution in [2.75, 3.05) is 10.2 Å². The molecule has 0 radical (unpaired) electrons. The van der Waals surface area contributed by atoms with Crippen LogP contribution in [-0.4, -0.2) is 17.9 Å². The first-order valence-electron chi connectivity index (χ1n) is 9.22. The fourth-order valence-electron chi connectivity index (χ4n) is 3.30. The Morgan fingerprint density at radius 2 is 1.46 bits per heavy atom. The van der Waals surface area contributed by atoms with Crippen molar-refractivity contribution in [3.63, 3.8) is 0 Å². The first kappa shape index (κ1) is 17.8. The number of anilines is 2. The van der Waals surface area contributed by atoms with Gasteiger partial charge < -0.3 is 10.1 Å². The Kier molecular flexibility index (Phi) is 5.06. The van der Waals surface area contributed by atoms with Gasteiger partial charge in [0.05, 0.1) is 0 Å². The molecule has 1 N–H and O–H groups in total. The highest BCUT2D eigenvalue weighted by Crippen LogP contribution is 2.30. The Bertz CT molecular complexity index is 956. The second-order valence-corrected chi connectivity index (χ2v) is 6.58. The predicted molar refractivity (Wildman–Crippen MR) is 109 cm³/mol. The summed E-state index contributed by atoms with van der Waals surface area (Å²) >= 11 is 0. The van der Waals surface area contributed by atoms with E-state index in [2.05, 4.69) is 5.32 Å². The van der Waals surface area contributed by atoms with E-state index in [4.69, 9.17) is 4.74 Å². The standard InChI is InChI=1S/C23H20N2O3/c26-22-16-15-21(23(27)24-17-7-3-1-4-8-17)25(22)18-11-13-20(14-12-18)28-19-9-5-2-6-10-19/h1-14,21H,15-16H2,(H,24,27). The molecule has 5 heteroatoms. The molecule has 0 saturated carbocycles. The summed E-state index contributed by atoms with van der Waals surface area (Å²) in [6, 6.07) is 25.5. The number of carbonyl (C=O) groups excluding carboxylic acids is 2. The molecule has 0 spiro atoms. The van der Waals surface area contributed by atoms with E-state index >= 15 is 0 Å². The van der Waals surface area contributed by atoms with Crippen molar-refractivity contribution < 1.29 is 14.3 Å². The van der Waals surface area contributed by atoms with E-state index in [1.807, 2.05) is 72.8 Å². The highest BCUT2D eigenvalue weighted by molar-refractivity contribution is 6.07. The molecular formula is C23H20N2O3. The van der Waals surface area contributed by atoms with Crippen molar-refractivity contribution in [1.82, 2.24) is 0 Å². The van der Waals surface area contributed by atoms with Crippen LogP contribution in [0.5, 0.6) is 11.5 Å². The van der Waals surface area contributed by atoms with Crippen LogP contribution in [0.3, 0.4) is 0 Å². The Hall–Kier alpha value is -3.60. The molecule has 0 aromatic heterocycles. The molecule has 2 amide bonds. The van der Waals surface area contributed by atoms with E-state index in [-0.39, 0.29) is 11.8 Å². The van der Waals surface area contributed by atoms with E-state index < -0.39 is 6.04 Å². The van der Waals surface area contributed by atoms with Gasteiger partial charge in [0, 0.05) is 17.8 Å². The summed E-state index contributed by atoms with van der Waals surface area (Å²) in [5.74, 6) is 1.19. The number of hydrogen-bond acceptors (Lipinski definition) is 3. The summed E-state index contributed by atoms with van der Waals surface area (Å²) < 4.78 is 5.79. The van der Waals surface area contributed by atoms with Gasteiger partial charge in [-0.05, 0) is 55.0 Å². The van der Waals surface area contributed by atoms with E-state index in [1.165, 1.54) is 0 Å². The lowest BCUT2D eigenvalue weighted by atomic mass is 10.2. The third-order valence-electron chi connectivity index (χ3n) is 4.65. The summed E-state index contributed by atoms with van der Waals surface area (Å²) in [6.07, 6.45) is 0.856. The van der Waals surface area contributed by atoms with Crippen molar-refractivity contribution >= 4 is 23.2 Å². The lowest BCUT2D eigenvalue weighted by Crippen LogP contribution is -2.41. The van der Waals surface area contributed by atoms with Crippen LogP contribution in [0, 0.1) is 0 Å². The molecule has 3 aromatic rings. The maximum absolute atomic E-state index is 12.7. The third kappa shape index (κ3) is 3.88. The topological polar surface area (TPSA) is 58.6 Å². The second-order valence-electron chi connectivity index (χ2n) is 6.58. The average molecular weight is 372 g/mol. The minimum atomic E-state index is -0.520. The fraction of sp³-hybridized carbons (Fsp3) is 0.130. The van der Waals surface area contributed by atoms with Gasteiger partial charge in [-0.2, -0.15) is 0 Å². The van der Waals surface area contributed by atoms with Gasteiger partial charge in [0.1, 0.15) is 17.5 Å². The molecule has 140 valence electrons. The lowest BCUT2D eigenvalue weighted by Gasteiger charge is -2.24. The summed E-state index contributed by atoms with van der Waals surface area (Å²) in [4.78, 5) is 26.7. The number of nitrogens with zero attached hydrogens (tertiary/aromatic N) is 1. The molecule has 4 rings (SSSR count). The van der Waals surface area contributed by atoms with Gasteiger partial charge in [-0.3, -0.25) is 14.5 Å². The van der Waals surface area contributed by atoms with Crippen LogP contribution >= 0.6 is 0 Å². The van der Waals surface area contributed by atoms with Crippen LogP contribution in [0.2, 0.25) is 0 Å². The van der Waals surface area contributed by atoms with Crippen LogP contribution in [0.25, 0.3) is 0 Å². The Morgan fingerprint density at radius 3 is 2.14 bits per heavy atom. The monoisotopic (exact) mass is 372 g/mol. The Balaban J connectivity index is 1.49. The molecule has 1 fully saturated rings. The lowest BCUT2D eigenvalue weighted by molar-refractivity contribution is -0.120. The van der Waals surface area contributed by atoms with Crippen molar-refractivity contribution in [1.29, 1.82) is 0 Å². The van der Waals surface area contributed by atoms with E-state index in [0.717, 1.165) is 11.4 Å². The first-order chi connectivity index (χ1) is 13.7. The number of nitrogens with one attached hydrogen (secondary N) is 1. The molecule has 5 nitrogen and oxygen atoms in total. The van der Waals surface area contributed by atoms with E-state index in [0.29, 0.717) is 24.3 Å². The molecule has 1 saturated heterocycles. The van der Waals surface area contributed by atoms with Gasteiger partial charge in [0.25, 0.3) is 0 Å².